The topological polar surface area (TPSA) is 55.3 Å². The molecule has 7 heteroatoms. The number of ether oxygens (including phenoxy) is 3. The van der Waals surface area contributed by atoms with Crippen molar-refractivity contribution in [1.82, 2.24) is 10.2 Å². The van der Waals surface area contributed by atoms with Crippen molar-refractivity contribution in [2.24, 2.45) is 16.8 Å². The molecule has 0 aliphatic carbocycles. The maximum absolute atomic E-state index is 5.81. The first kappa shape index (κ1) is 22.9. The Bertz CT molecular complexity index is 365. The van der Waals surface area contributed by atoms with Crippen molar-refractivity contribution in [2.45, 2.75) is 32.6 Å². The van der Waals surface area contributed by atoms with Gasteiger partial charge in [0, 0.05) is 65.6 Å². The van der Waals surface area contributed by atoms with Crippen molar-refractivity contribution < 1.29 is 14.2 Å². The lowest BCUT2D eigenvalue weighted by molar-refractivity contribution is 0.0205. The SMILES string of the molecule is CCNC(=NCCCOCC1CCOCC1)N1CCC(COC)C1.I. The number of guanidine groups is 1. The molecule has 0 amide bonds. The normalized spacial score (nSPS) is 22.1. The van der Waals surface area contributed by atoms with Gasteiger partial charge in [0.05, 0.1) is 6.61 Å². The molecule has 0 aromatic carbocycles. The number of halogens is 1. The van der Waals surface area contributed by atoms with Crippen molar-refractivity contribution in [3.63, 3.8) is 0 Å². The predicted molar refractivity (Wildman–Crippen MR) is 112 cm³/mol. The standard InChI is InChI=1S/C18H35N3O3.HI/c1-3-19-18(21-9-5-17(13-21)14-22-2)20-8-4-10-24-15-16-6-11-23-12-7-16;/h16-17H,3-15H2,1-2H3,(H,19,20);1H. The zero-order valence-electron chi connectivity index (χ0n) is 15.9. The average molecular weight is 469 g/mol. The number of aliphatic imine (C=N–C) groups is 1. The molecule has 0 aromatic heterocycles. The Labute approximate surface area is 170 Å². The van der Waals surface area contributed by atoms with E-state index in [1.165, 1.54) is 6.42 Å². The van der Waals surface area contributed by atoms with Gasteiger partial charge in [-0.1, -0.05) is 0 Å². The first-order valence-corrected chi connectivity index (χ1v) is 9.51. The number of likely N-dealkylation sites (tertiary alicyclic amines) is 1. The number of nitrogens with one attached hydrogen (secondary N) is 1. The summed E-state index contributed by atoms with van der Waals surface area (Å²) < 4.78 is 16.5. The number of hydrogen-bond acceptors (Lipinski definition) is 4. The van der Waals surface area contributed by atoms with E-state index < -0.39 is 0 Å². The quantitative estimate of drug-likeness (QED) is 0.243. The highest BCUT2D eigenvalue weighted by atomic mass is 127. The van der Waals surface area contributed by atoms with Gasteiger partial charge < -0.3 is 24.4 Å². The molecular weight excluding hydrogens is 433 g/mol. The molecule has 0 spiro atoms. The van der Waals surface area contributed by atoms with Crippen molar-refractivity contribution >= 4 is 29.9 Å². The molecule has 2 aliphatic heterocycles. The summed E-state index contributed by atoms with van der Waals surface area (Å²) in [6.45, 7) is 10.3. The Kier molecular flexibility index (Phi) is 12.8. The Morgan fingerprint density at radius 2 is 2.00 bits per heavy atom. The minimum Gasteiger partial charge on any atom is -0.384 e. The van der Waals surface area contributed by atoms with E-state index in [0.717, 1.165) is 84.4 Å². The van der Waals surface area contributed by atoms with Gasteiger partial charge in [-0.25, -0.2) is 0 Å². The summed E-state index contributed by atoms with van der Waals surface area (Å²) in [6, 6.07) is 0. The highest BCUT2D eigenvalue weighted by molar-refractivity contribution is 14.0. The fourth-order valence-electron chi connectivity index (χ4n) is 3.34. The summed E-state index contributed by atoms with van der Waals surface area (Å²) >= 11 is 0. The minimum absolute atomic E-state index is 0. The lowest BCUT2D eigenvalue weighted by atomic mass is 10.0. The van der Waals surface area contributed by atoms with Crippen LogP contribution in [0.25, 0.3) is 0 Å². The highest BCUT2D eigenvalue weighted by Crippen LogP contribution is 2.16. The number of nitrogens with zero attached hydrogens (tertiary/aromatic N) is 2. The van der Waals surface area contributed by atoms with E-state index >= 15 is 0 Å². The van der Waals surface area contributed by atoms with Gasteiger partial charge in [0.25, 0.3) is 0 Å². The molecule has 0 bridgehead atoms. The van der Waals surface area contributed by atoms with Gasteiger partial charge >= 0.3 is 0 Å². The van der Waals surface area contributed by atoms with E-state index in [4.69, 9.17) is 19.2 Å². The van der Waals surface area contributed by atoms with Crippen LogP contribution in [0.4, 0.5) is 0 Å². The van der Waals surface area contributed by atoms with E-state index in [1.54, 1.807) is 7.11 Å². The third-order valence-electron chi connectivity index (χ3n) is 4.73. The largest absolute Gasteiger partial charge is 0.384 e. The third-order valence-corrected chi connectivity index (χ3v) is 4.73. The minimum atomic E-state index is 0. The Balaban J connectivity index is 0.00000312. The Morgan fingerprint density at radius 3 is 2.72 bits per heavy atom. The van der Waals surface area contributed by atoms with Gasteiger partial charge in [0.15, 0.2) is 5.96 Å². The summed E-state index contributed by atoms with van der Waals surface area (Å²) in [7, 11) is 1.78. The number of rotatable bonds is 9. The molecule has 148 valence electrons. The molecule has 2 heterocycles. The summed E-state index contributed by atoms with van der Waals surface area (Å²) in [5.41, 5.74) is 0. The molecule has 2 fully saturated rings. The van der Waals surface area contributed by atoms with E-state index in [2.05, 4.69) is 17.1 Å². The molecule has 1 unspecified atom stereocenters. The second kappa shape index (κ2) is 14.0. The number of methoxy groups -OCH3 is 1. The second-order valence-corrected chi connectivity index (χ2v) is 6.78. The van der Waals surface area contributed by atoms with Crippen LogP contribution in [-0.4, -0.2) is 77.2 Å². The zero-order chi connectivity index (χ0) is 17.0. The third kappa shape index (κ3) is 8.88. The smallest absolute Gasteiger partial charge is 0.193 e. The van der Waals surface area contributed by atoms with Gasteiger partial charge in [0.2, 0.25) is 0 Å². The molecule has 0 radical (unpaired) electrons. The molecule has 1 N–H and O–H groups in total. The molecule has 25 heavy (non-hydrogen) atoms. The van der Waals surface area contributed by atoms with Gasteiger partial charge in [0.1, 0.15) is 0 Å². The van der Waals surface area contributed by atoms with Crippen LogP contribution >= 0.6 is 24.0 Å². The summed E-state index contributed by atoms with van der Waals surface area (Å²) in [6.07, 6.45) is 4.45. The van der Waals surface area contributed by atoms with Gasteiger partial charge in [-0.2, -0.15) is 0 Å². The van der Waals surface area contributed by atoms with Gasteiger partial charge in [-0.05, 0) is 38.5 Å². The summed E-state index contributed by atoms with van der Waals surface area (Å²) in [4.78, 5) is 7.12. The van der Waals surface area contributed by atoms with Crippen LogP contribution in [0.3, 0.4) is 0 Å². The van der Waals surface area contributed by atoms with Crippen molar-refractivity contribution in [3.05, 3.63) is 0 Å². The maximum Gasteiger partial charge on any atom is 0.193 e. The lowest BCUT2D eigenvalue weighted by Crippen LogP contribution is -2.40. The van der Waals surface area contributed by atoms with Crippen molar-refractivity contribution in [2.75, 3.05) is 66.3 Å². The van der Waals surface area contributed by atoms with E-state index in [1.807, 2.05) is 0 Å². The highest BCUT2D eigenvalue weighted by Gasteiger charge is 2.24. The fourth-order valence-corrected chi connectivity index (χ4v) is 3.34. The average Bonchev–Trinajstić information content (AvgIpc) is 3.07. The Hall–Kier alpha value is -0.120. The zero-order valence-corrected chi connectivity index (χ0v) is 18.2. The van der Waals surface area contributed by atoms with E-state index in [9.17, 15) is 0 Å². The van der Waals surface area contributed by atoms with Crippen LogP contribution in [0.2, 0.25) is 0 Å². The first-order chi connectivity index (χ1) is 11.8. The molecule has 6 nitrogen and oxygen atoms in total. The second-order valence-electron chi connectivity index (χ2n) is 6.78. The number of hydrogen-bond donors (Lipinski definition) is 1. The van der Waals surface area contributed by atoms with Crippen LogP contribution in [0, 0.1) is 11.8 Å². The van der Waals surface area contributed by atoms with Crippen molar-refractivity contribution in [1.29, 1.82) is 0 Å². The van der Waals surface area contributed by atoms with Crippen molar-refractivity contribution in [3.8, 4) is 0 Å². The molecule has 0 aromatic rings. The van der Waals surface area contributed by atoms with Crippen LogP contribution in [0.15, 0.2) is 4.99 Å². The van der Waals surface area contributed by atoms with Gasteiger partial charge in [-0.3, -0.25) is 4.99 Å². The maximum atomic E-state index is 5.81. The van der Waals surface area contributed by atoms with Crippen LogP contribution < -0.4 is 5.32 Å². The van der Waals surface area contributed by atoms with E-state index in [-0.39, 0.29) is 24.0 Å². The van der Waals surface area contributed by atoms with Crippen LogP contribution in [-0.2, 0) is 14.2 Å². The Morgan fingerprint density at radius 1 is 1.20 bits per heavy atom. The molecule has 2 rings (SSSR count). The fraction of sp³-hybridized carbons (Fsp3) is 0.944. The lowest BCUT2D eigenvalue weighted by Gasteiger charge is -2.22. The first-order valence-electron chi connectivity index (χ1n) is 9.51. The molecule has 2 saturated heterocycles. The molecule has 1 atom stereocenters. The molecular formula is C18H36IN3O3. The van der Waals surface area contributed by atoms with Gasteiger partial charge in [-0.15, -0.1) is 24.0 Å². The summed E-state index contributed by atoms with van der Waals surface area (Å²) in [5, 5.41) is 3.41. The molecule has 2 aliphatic rings. The monoisotopic (exact) mass is 469 g/mol. The van der Waals surface area contributed by atoms with Crippen LogP contribution in [0.1, 0.15) is 32.6 Å². The van der Waals surface area contributed by atoms with E-state index in [0.29, 0.717) is 11.8 Å². The summed E-state index contributed by atoms with van der Waals surface area (Å²) in [5.74, 6) is 2.35. The molecule has 0 saturated carbocycles. The predicted octanol–water partition coefficient (Wildman–Crippen LogP) is 2.37. The van der Waals surface area contributed by atoms with Crippen LogP contribution in [0.5, 0.6) is 0 Å².